The van der Waals surface area contributed by atoms with E-state index in [-0.39, 0.29) is 29.2 Å². The number of halogens is 1. The van der Waals surface area contributed by atoms with Gasteiger partial charge in [-0.3, -0.25) is 14.4 Å². The van der Waals surface area contributed by atoms with Gasteiger partial charge >= 0.3 is 5.97 Å². The summed E-state index contributed by atoms with van der Waals surface area (Å²) in [6.07, 6.45) is 0. The Morgan fingerprint density at radius 2 is 1.31 bits per heavy atom. The van der Waals surface area contributed by atoms with Gasteiger partial charge in [0.05, 0.1) is 23.1 Å². The fourth-order valence-corrected chi connectivity index (χ4v) is 7.32. The molecule has 208 valence electrons. The van der Waals surface area contributed by atoms with E-state index in [0.29, 0.717) is 11.4 Å². The van der Waals surface area contributed by atoms with Crippen molar-refractivity contribution < 1.29 is 23.9 Å². The van der Waals surface area contributed by atoms with Crippen molar-refractivity contribution in [3.05, 3.63) is 129 Å². The van der Waals surface area contributed by atoms with Crippen LogP contribution in [-0.2, 0) is 19.1 Å². The van der Waals surface area contributed by atoms with Crippen molar-refractivity contribution in [1.82, 2.24) is 0 Å². The monoisotopic (exact) mass is 620 g/mol. The maximum absolute atomic E-state index is 13.9. The van der Waals surface area contributed by atoms with Crippen LogP contribution in [0.25, 0.3) is 0 Å². The van der Waals surface area contributed by atoms with E-state index in [1.54, 1.807) is 18.2 Å². The molecule has 42 heavy (non-hydrogen) atoms. The second kappa shape index (κ2) is 10.1. The van der Waals surface area contributed by atoms with Gasteiger partial charge in [0.15, 0.2) is 6.61 Å². The summed E-state index contributed by atoms with van der Waals surface area (Å²) in [5.41, 5.74) is 6.57. The molecule has 0 spiro atoms. The summed E-state index contributed by atoms with van der Waals surface area (Å²) in [4.78, 5) is 54.1. The van der Waals surface area contributed by atoms with E-state index in [1.165, 1.54) is 17.0 Å². The van der Waals surface area contributed by atoms with Gasteiger partial charge in [-0.2, -0.15) is 0 Å². The Balaban J connectivity index is 1.08. The maximum atomic E-state index is 13.9. The molecule has 8 heteroatoms. The van der Waals surface area contributed by atoms with Gasteiger partial charge < -0.3 is 10.1 Å². The van der Waals surface area contributed by atoms with Gasteiger partial charge in [0.2, 0.25) is 11.8 Å². The van der Waals surface area contributed by atoms with E-state index in [2.05, 4.69) is 45.5 Å². The molecular formula is C34H25BrN2O5. The average molecular weight is 621 g/mol. The summed E-state index contributed by atoms with van der Waals surface area (Å²) < 4.78 is 6.11. The smallest absolute Gasteiger partial charge is 0.338 e. The number of ether oxygens (including phenoxy) is 1. The summed E-state index contributed by atoms with van der Waals surface area (Å²) in [5, 5.41) is 2.73. The van der Waals surface area contributed by atoms with Crippen molar-refractivity contribution in [2.45, 2.75) is 18.8 Å². The number of anilines is 2. The molecule has 2 atom stereocenters. The fraction of sp³-hybridized carbons (Fsp3) is 0.176. The molecule has 1 aliphatic heterocycles. The predicted molar refractivity (Wildman–Crippen MR) is 160 cm³/mol. The molecule has 4 aromatic carbocycles. The normalized spacial score (nSPS) is 21.4. The van der Waals surface area contributed by atoms with Crippen LogP contribution in [0.4, 0.5) is 11.4 Å². The summed E-state index contributed by atoms with van der Waals surface area (Å²) in [6.45, 7) is 1.41. The lowest BCUT2D eigenvalue weighted by Gasteiger charge is -2.45. The molecule has 1 fully saturated rings. The highest BCUT2D eigenvalue weighted by Crippen LogP contribution is 2.61. The molecule has 1 heterocycles. The maximum Gasteiger partial charge on any atom is 0.338 e. The van der Waals surface area contributed by atoms with E-state index < -0.39 is 30.3 Å². The van der Waals surface area contributed by atoms with E-state index in [4.69, 9.17) is 4.74 Å². The van der Waals surface area contributed by atoms with Gasteiger partial charge in [-0.05, 0) is 77.2 Å². The Labute approximate surface area is 250 Å². The Morgan fingerprint density at radius 1 is 0.786 bits per heavy atom. The summed E-state index contributed by atoms with van der Waals surface area (Å²) in [6, 6.07) is 27.8. The molecule has 1 N–H and O–H groups in total. The van der Waals surface area contributed by atoms with Gasteiger partial charge in [-0.15, -0.1) is 0 Å². The van der Waals surface area contributed by atoms with Crippen molar-refractivity contribution in [3.63, 3.8) is 0 Å². The van der Waals surface area contributed by atoms with Crippen molar-refractivity contribution in [1.29, 1.82) is 0 Å². The van der Waals surface area contributed by atoms with Gasteiger partial charge in [-0.1, -0.05) is 64.5 Å². The molecule has 1 saturated heterocycles. The van der Waals surface area contributed by atoms with Crippen LogP contribution in [0.2, 0.25) is 0 Å². The molecule has 0 radical (unpaired) electrons. The second-order valence-corrected chi connectivity index (χ2v) is 11.8. The molecule has 3 amide bonds. The number of aryl methyl sites for hydroxylation is 1. The first-order chi connectivity index (χ1) is 20.3. The van der Waals surface area contributed by atoms with Crippen molar-refractivity contribution in [2.75, 3.05) is 16.8 Å². The minimum absolute atomic E-state index is 0.185. The lowest BCUT2D eigenvalue weighted by Crippen LogP contribution is -2.41. The number of hydrogen-bond donors (Lipinski definition) is 1. The van der Waals surface area contributed by atoms with Crippen LogP contribution in [0.5, 0.6) is 0 Å². The first-order valence-electron chi connectivity index (χ1n) is 13.7. The molecule has 0 aromatic heterocycles. The molecule has 0 unspecified atom stereocenters. The third kappa shape index (κ3) is 4.09. The number of imide groups is 1. The van der Waals surface area contributed by atoms with Crippen LogP contribution in [0.1, 0.15) is 50.0 Å². The predicted octanol–water partition coefficient (Wildman–Crippen LogP) is 5.95. The first kappa shape index (κ1) is 26.3. The van der Waals surface area contributed by atoms with E-state index in [9.17, 15) is 19.2 Å². The number of amides is 3. The average Bonchev–Trinajstić information content (AvgIpc) is 3.27. The standard InChI is InChI=1S/C34H25BrN2O5/c1-18-16-20(35)12-15-26(18)36-27(38)17-42-34(41)19-10-13-21(14-11-19)37-32(39)30-28-22-6-2-3-7-23(22)29(31(30)33(37)40)25-9-5-4-8-24(25)28/h2-16,28-31H,17H2,1H3,(H,36,38)/t28?,29?,30-,31-/m1/s1. The zero-order valence-electron chi connectivity index (χ0n) is 22.5. The van der Waals surface area contributed by atoms with Crippen molar-refractivity contribution in [2.24, 2.45) is 11.8 Å². The second-order valence-electron chi connectivity index (χ2n) is 10.9. The van der Waals surface area contributed by atoms with Crippen LogP contribution in [-0.4, -0.2) is 30.3 Å². The van der Waals surface area contributed by atoms with Crippen LogP contribution in [0.3, 0.4) is 0 Å². The van der Waals surface area contributed by atoms with E-state index >= 15 is 0 Å². The summed E-state index contributed by atoms with van der Waals surface area (Å²) in [7, 11) is 0. The van der Waals surface area contributed by atoms with Gasteiger partial charge in [0.25, 0.3) is 5.91 Å². The first-order valence-corrected chi connectivity index (χ1v) is 14.5. The third-order valence-corrected chi connectivity index (χ3v) is 9.10. The number of hydrogen-bond acceptors (Lipinski definition) is 5. The Morgan fingerprint density at radius 3 is 1.81 bits per heavy atom. The molecule has 8 rings (SSSR count). The zero-order chi connectivity index (χ0) is 29.1. The molecular weight excluding hydrogens is 596 g/mol. The van der Waals surface area contributed by atoms with Crippen molar-refractivity contribution in [3.8, 4) is 0 Å². The number of rotatable bonds is 5. The van der Waals surface area contributed by atoms with E-state index in [0.717, 1.165) is 32.3 Å². The van der Waals surface area contributed by atoms with E-state index in [1.807, 2.05) is 43.3 Å². The van der Waals surface area contributed by atoms with Crippen LogP contribution < -0.4 is 10.2 Å². The van der Waals surface area contributed by atoms with Crippen LogP contribution in [0, 0.1) is 18.8 Å². The number of benzene rings is 4. The van der Waals surface area contributed by atoms with Gasteiger partial charge in [0.1, 0.15) is 0 Å². The highest BCUT2D eigenvalue weighted by atomic mass is 79.9. The van der Waals surface area contributed by atoms with Crippen LogP contribution in [0.15, 0.2) is 95.5 Å². The zero-order valence-corrected chi connectivity index (χ0v) is 24.1. The third-order valence-electron chi connectivity index (χ3n) is 8.61. The molecule has 2 bridgehead atoms. The Bertz CT molecular complexity index is 1680. The minimum Gasteiger partial charge on any atom is -0.452 e. The highest BCUT2D eigenvalue weighted by molar-refractivity contribution is 9.10. The quantitative estimate of drug-likeness (QED) is 0.220. The molecule has 4 aromatic rings. The van der Waals surface area contributed by atoms with Gasteiger partial charge in [0, 0.05) is 22.0 Å². The number of carbonyl (C=O) groups excluding carboxylic acids is 4. The largest absolute Gasteiger partial charge is 0.452 e. The number of carbonyl (C=O) groups is 4. The van der Waals surface area contributed by atoms with Gasteiger partial charge in [-0.25, -0.2) is 9.69 Å². The highest BCUT2D eigenvalue weighted by Gasteiger charge is 2.61. The molecule has 0 saturated carbocycles. The Hall–Kier alpha value is -4.56. The topological polar surface area (TPSA) is 92.8 Å². The lowest BCUT2D eigenvalue weighted by molar-refractivity contribution is -0.122. The fourth-order valence-electron chi connectivity index (χ4n) is 6.85. The lowest BCUT2D eigenvalue weighted by atomic mass is 9.55. The minimum atomic E-state index is -0.680. The molecule has 4 aliphatic rings. The molecule has 7 nitrogen and oxygen atoms in total. The number of nitrogens with one attached hydrogen (secondary N) is 1. The van der Waals surface area contributed by atoms with Crippen molar-refractivity contribution >= 4 is 51.0 Å². The summed E-state index contributed by atoms with van der Waals surface area (Å²) in [5.74, 6) is -2.92. The SMILES string of the molecule is Cc1cc(Br)ccc1NC(=O)COC(=O)c1ccc(N2C(=O)[C@@H]3C4c5ccccc5C(c5ccccc54)[C@H]3C2=O)cc1. The Kier molecular flexibility index (Phi) is 6.31. The molecule has 3 aliphatic carbocycles. The summed E-state index contributed by atoms with van der Waals surface area (Å²) >= 11 is 3.39. The number of esters is 1. The van der Waals surface area contributed by atoms with Crippen LogP contribution >= 0.6 is 15.9 Å². The number of nitrogens with zero attached hydrogens (tertiary/aromatic N) is 1.